The highest BCUT2D eigenvalue weighted by molar-refractivity contribution is 7.98. The lowest BCUT2D eigenvalue weighted by molar-refractivity contribution is 0.960. The predicted molar refractivity (Wildman–Crippen MR) is 87.4 cm³/mol. The fraction of sp³-hybridized carbons (Fsp3) is 0.133. The second kappa shape index (κ2) is 7.86. The van der Waals surface area contributed by atoms with Crippen LogP contribution in [0.2, 0.25) is 0 Å². The summed E-state index contributed by atoms with van der Waals surface area (Å²) in [5, 5.41) is 1.53. The molecule has 0 radical (unpaired) electrons. The highest BCUT2D eigenvalue weighted by atomic mass is 32.2. The average molecular weight is 327 g/mol. The molecule has 3 aromatic heterocycles. The first-order valence-electron chi connectivity index (χ1n) is 6.64. The molecule has 0 aliphatic heterocycles. The van der Waals surface area contributed by atoms with E-state index in [1.165, 1.54) is 0 Å². The first-order valence-corrected chi connectivity index (χ1v) is 8.62. The third kappa shape index (κ3) is 4.51. The molecule has 3 aromatic rings. The smallest absolute Gasteiger partial charge is 0.187 e. The largest absolute Gasteiger partial charge is 0.256 e. The molecule has 0 spiro atoms. The van der Waals surface area contributed by atoms with Gasteiger partial charge in [-0.05, 0) is 24.3 Å². The van der Waals surface area contributed by atoms with Crippen molar-refractivity contribution < 1.29 is 0 Å². The van der Waals surface area contributed by atoms with E-state index in [2.05, 4.69) is 24.9 Å². The summed E-state index contributed by atoms with van der Waals surface area (Å²) in [5.41, 5.74) is 2.04. The van der Waals surface area contributed by atoms with E-state index < -0.39 is 0 Å². The Balaban J connectivity index is 1.58. The Morgan fingerprint density at radius 3 is 1.55 bits per heavy atom. The zero-order valence-corrected chi connectivity index (χ0v) is 13.3. The van der Waals surface area contributed by atoms with Crippen LogP contribution in [-0.2, 0) is 11.5 Å². The average Bonchev–Trinajstić information content (AvgIpc) is 2.60. The van der Waals surface area contributed by atoms with Gasteiger partial charge in [-0.15, -0.1) is 0 Å². The van der Waals surface area contributed by atoms with Gasteiger partial charge in [0.2, 0.25) is 0 Å². The van der Waals surface area contributed by atoms with E-state index in [4.69, 9.17) is 0 Å². The van der Waals surface area contributed by atoms with Crippen LogP contribution in [0.4, 0.5) is 0 Å². The minimum atomic E-state index is 0.754. The van der Waals surface area contributed by atoms with Gasteiger partial charge in [-0.1, -0.05) is 29.6 Å². The molecule has 3 rings (SSSR count). The van der Waals surface area contributed by atoms with Gasteiger partial charge in [-0.2, -0.15) is 0 Å². The molecule has 0 unspecified atom stereocenters. The van der Waals surface area contributed by atoms with E-state index in [0.717, 1.165) is 33.2 Å². The molecule has 7 heteroatoms. The molecule has 0 amide bonds. The van der Waals surface area contributed by atoms with Crippen LogP contribution in [0.15, 0.2) is 65.4 Å². The molecule has 0 saturated heterocycles. The molecule has 3 heterocycles. The van der Waals surface area contributed by atoms with Crippen molar-refractivity contribution in [3.8, 4) is 0 Å². The quantitative estimate of drug-likeness (QED) is 0.508. The summed E-state index contributed by atoms with van der Waals surface area (Å²) in [5.74, 6) is 1.51. The lowest BCUT2D eigenvalue weighted by Gasteiger charge is -2.03. The first kappa shape index (κ1) is 14.9. The molecular weight excluding hydrogens is 314 g/mol. The van der Waals surface area contributed by atoms with Crippen LogP contribution in [0.5, 0.6) is 0 Å². The van der Waals surface area contributed by atoms with Gasteiger partial charge in [0.05, 0.1) is 11.4 Å². The SMILES string of the molecule is c1cnc(SCc2cccc(CSc3ncccn3)n2)nc1. The van der Waals surface area contributed by atoms with Gasteiger partial charge < -0.3 is 0 Å². The van der Waals surface area contributed by atoms with Gasteiger partial charge in [0.15, 0.2) is 10.3 Å². The summed E-state index contributed by atoms with van der Waals surface area (Å²) in [6, 6.07) is 9.68. The summed E-state index contributed by atoms with van der Waals surface area (Å²) in [4.78, 5) is 21.4. The van der Waals surface area contributed by atoms with E-state index in [-0.39, 0.29) is 0 Å². The van der Waals surface area contributed by atoms with Gasteiger partial charge in [0.25, 0.3) is 0 Å². The van der Waals surface area contributed by atoms with Crippen molar-refractivity contribution in [3.63, 3.8) is 0 Å². The Hall–Kier alpha value is -1.99. The molecule has 0 bridgehead atoms. The second-order valence-electron chi connectivity index (χ2n) is 4.26. The molecular formula is C15H13N5S2. The molecule has 0 atom stereocenters. The molecule has 5 nitrogen and oxygen atoms in total. The van der Waals surface area contributed by atoms with Crippen molar-refractivity contribution >= 4 is 23.5 Å². The van der Waals surface area contributed by atoms with E-state index in [1.54, 1.807) is 48.3 Å². The Morgan fingerprint density at radius 2 is 1.09 bits per heavy atom. The number of nitrogens with zero attached hydrogens (tertiary/aromatic N) is 5. The number of rotatable bonds is 6. The van der Waals surface area contributed by atoms with E-state index in [1.807, 2.05) is 30.3 Å². The van der Waals surface area contributed by atoms with Gasteiger partial charge in [-0.3, -0.25) is 4.98 Å². The standard InChI is InChI=1S/C15H13N5S2/c1-4-12(10-21-14-16-6-2-7-17-14)20-13(5-1)11-22-15-18-8-3-9-19-15/h1-9H,10-11H2. The van der Waals surface area contributed by atoms with Crippen molar-refractivity contribution in [2.24, 2.45) is 0 Å². The number of thioether (sulfide) groups is 2. The summed E-state index contributed by atoms with van der Waals surface area (Å²) >= 11 is 3.16. The summed E-state index contributed by atoms with van der Waals surface area (Å²) in [7, 11) is 0. The van der Waals surface area contributed by atoms with E-state index in [9.17, 15) is 0 Å². The first-order chi connectivity index (χ1) is 10.9. The highest BCUT2D eigenvalue weighted by Gasteiger charge is 2.03. The van der Waals surface area contributed by atoms with Crippen molar-refractivity contribution in [1.82, 2.24) is 24.9 Å². The maximum Gasteiger partial charge on any atom is 0.187 e. The lowest BCUT2D eigenvalue weighted by atomic mass is 10.3. The van der Waals surface area contributed by atoms with E-state index >= 15 is 0 Å². The van der Waals surface area contributed by atoms with Crippen LogP contribution in [-0.4, -0.2) is 24.9 Å². The third-order valence-corrected chi connectivity index (χ3v) is 4.47. The van der Waals surface area contributed by atoms with Crippen molar-refractivity contribution in [2.45, 2.75) is 21.8 Å². The summed E-state index contributed by atoms with van der Waals surface area (Å²) < 4.78 is 0. The Kier molecular flexibility index (Phi) is 5.33. The minimum Gasteiger partial charge on any atom is -0.256 e. The predicted octanol–water partition coefficient (Wildman–Crippen LogP) is 3.25. The normalized spacial score (nSPS) is 10.5. The fourth-order valence-corrected chi connectivity index (χ4v) is 3.10. The Labute approximate surface area is 137 Å². The van der Waals surface area contributed by atoms with Crippen molar-refractivity contribution in [3.05, 3.63) is 66.5 Å². The highest BCUT2D eigenvalue weighted by Crippen LogP contribution is 2.20. The van der Waals surface area contributed by atoms with Crippen LogP contribution in [0.25, 0.3) is 0 Å². The molecule has 0 aliphatic rings. The van der Waals surface area contributed by atoms with Crippen molar-refractivity contribution in [2.75, 3.05) is 0 Å². The number of hydrogen-bond donors (Lipinski definition) is 0. The second-order valence-corrected chi connectivity index (χ2v) is 6.15. The van der Waals surface area contributed by atoms with Gasteiger partial charge in [0, 0.05) is 36.3 Å². The fourth-order valence-electron chi connectivity index (χ4n) is 1.69. The van der Waals surface area contributed by atoms with Crippen LogP contribution in [0.3, 0.4) is 0 Å². The van der Waals surface area contributed by atoms with Gasteiger partial charge >= 0.3 is 0 Å². The Morgan fingerprint density at radius 1 is 0.636 bits per heavy atom. The summed E-state index contributed by atoms with van der Waals surface area (Å²) in [6.07, 6.45) is 6.98. The molecule has 0 N–H and O–H groups in total. The number of aromatic nitrogens is 5. The summed E-state index contributed by atoms with van der Waals surface area (Å²) in [6.45, 7) is 0. The zero-order valence-electron chi connectivity index (χ0n) is 11.7. The molecule has 0 aliphatic carbocycles. The van der Waals surface area contributed by atoms with Gasteiger partial charge in [-0.25, -0.2) is 19.9 Å². The van der Waals surface area contributed by atoms with Crippen LogP contribution < -0.4 is 0 Å². The van der Waals surface area contributed by atoms with Crippen molar-refractivity contribution in [1.29, 1.82) is 0 Å². The molecule has 0 saturated carbocycles. The maximum atomic E-state index is 4.65. The minimum absolute atomic E-state index is 0.754. The zero-order chi connectivity index (χ0) is 15.0. The maximum absolute atomic E-state index is 4.65. The number of pyridine rings is 1. The lowest BCUT2D eigenvalue weighted by Crippen LogP contribution is -1.94. The molecule has 22 heavy (non-hydrogen) atoms. The topological polar surface area (TPSA) is 64.5 Å². The van der Waals surface area contributed by atoms with Crippen LogP contribution >= 0.6 is 23.5 Å². The monoisotopic (exact) mass is 327 g/mol. The molecule has 110 valence electrons. The number of hydrogen-bond acceptors (Lipinski definition) is 7. The van der Waals surface area contributed by atoms with Gasteiger partial charge in [0.1, 0.15) is 0 Å². The van der Waals surface area contributed by atoms with Crippen LogP contribution in [0, 0.1) is 0 Å². The molecule has 0 aromatic carbocycles. The Bertz CT molecular complexity index is 651. The molecule has 0 fully saturated rings. The van der Waals surface area contributed by atoms with E-state index in [0.29, 0.717) is 0 Å². The van der Waals surface area contributed by atoms with Crippen LogP contribution in [0.1, 0.15) is 11.4 Å². The third-order valence-electron chi connectivity index (χ3n) is 2.65.